The van der Waals surface area contributed by atoms with E-state index in [9.17, 15) is 4.39 Å². The van der Waals surface area contributed by atoms with Crippen molar-refractivity contribution in [3.63, 3.8) is 0 Å². The summed E-state index contributed by atoms with van der Waals surface area (Å²) in [5.41, 5.74) is 0.883. The summed E-state index contributed by atoms with van der Waals surface area (Å²) in [7, 11) is 0. The Morgan fingerprint density at radius 1 is 1.47 bits per heavy atom. The van der Waals surface area contributed by atoms with E-state index in [2.05, 4.69) is 32.9 Å². The Kier molecular flexibility index (Phi) is 3.20. The minimum absolute atomic E-state index is 0.232. The van der Waals surface area contributed by atoms with Crippen LogP contribution >= 0.6 is 22.6 Å². The van der Waals surface area contributed by atoms with Gasteiger partial charge in [-0.05, 0) is 40.8 Å². The third-order valence-corrected chi connectivity index (χ3v) is 2.76. The Hall–Kier alpha value is -1.11. The summed E-state index contributed by atoms with van der Waals surface area (Å²) < 4.78 is 18.7. The van der Waals surface area contributed by atoms with Crippen molar-refractivity contribution in [2.24, 2.45) is 0 Å². The lowest BCUT2D eigenvalue weighted by Crippen LogP contribution is -2.00. The van der Waals surface area contributed by atoms with Crippen LogP contribution in [0, 0.1) is 9.39 Å². The zero-order chi connectivity index (χ0) is 10.7. The first-order chi connectivity index (χ1) is 7.25. The second-order valence-corrected chi connectivity index (χ2v) is 4.11. The molecule has 1 N–H and O–H groups in total. The van der Waals surface area contributed by atoms with Crippen LogP contribution in [0.3, 0.4) is 0 Å². The van der Waals surface area contributed by atoms with Crippen LogP contribution < -0.4 is 5.32 Å². The Bertz CT molecular complexity index is 445. The molecule has 0 saturated heterocycles. The highest BCUT2D eigenvalue weighted by Crippen LogP contribution is 2.19. The topological polar surface area (TPSA) is 38.1 Å². The van der Waals surface area contributed by atoms with E-state index in [0.29, 0.717) is 6.54 Å². The maximum absolute atomic E-state index is 12.8. The lowest BCUT2D eigenvalue weighted by molar-refractivity contribution is 0.511. The van der Waals surface area contributed by atoms with Gasteiger partial charge in [0.2, 0.25) is 0 Å². The zero-order valence-electron chi connectivity index (χ0n) is 7.71. The molecule has 2 aromatic rings. The van der Waals surface area contributed by atoms with Gasteiger partial charge in [-0.25, -0.2) is 9.37 Å². The van der Waals surface area contributed by atoms with Gasteiger partial charge < -0.3 is 9.73 Å². The first-order valence-electron chi connectivity index (χ1n) is 4.32. The van der Waals surface area contributed by atoms with Crippen molar-refractivity contribution >= 4 is 28.3 Å². The van der Waals surface area contributed by atoms with Gasteiger partial charge in [0.05, 0.1) is 12.7 Å². The smallest absolute Gasteiger partial charge is 0.180 e. The average molecular weight is 318 g/mol. The van der Waals surface area contributed by atoms with Crippen LogP contribution in [0.2, 0.25) is 0 Å². The minimum Gasteiger partial charge on any atom is -0.447 e. The molecule has 0 aliphatic heterocycles. The highest BCUT2D eigenvalue weighted by molar-refractivity contribution is 14.1. The fourth-order valence-electron chi connectivity index (χ4n) is 1.14. The Labute approximate surface area is 99.8 Å². The number of nitrogens with one attached hydrogen (secondary N) is 1. The van der Waals surface area contributed by atoms with Crippen molar-refractivity contribution in [2.45, 2.75) is 6.54 Å². The molecule has 1 aromatic carbocycles. The van der Waals surface area contributed by atoms with E-state index in [1.807, 2.05) is 0 Å². The fourth-order valence-corrected chi connectivity index (χ4v) is 1.81. The molecule has 0 spiro atoms. The molecule has 0 amide bonds. The van der Waals surface area contributed by atoms with Crippen LogP contribution in [0.5, 0.6) is 0 Å². The van der Waals surface area contributed by atoms with Gasteiger partial charge in [0.25, 0.3) is 0 Å². The Balaban J connectivity index is 2.05. The van der Waals surface area contributed by atoms with Crippen LogP contribution in [0.15, 0.2) is 35.2 Å². The van der Waals surface area contributed by atoms with Gasteiger partial charge in [-0.3, -0.25) is 0 Å². The van der Waals surface area contributed by atoms with Crippen LogP contribution in [-0.2, 0) is 6.54 Å². The molecular formula is C10H8FIN2O. The Morgan fingerprint density at radius 2 is 2.33 bits per heavy atom. The van der Waals surface area contributed by atoms with Crippen molar-refractivity contribution in [2.75, 3.05) is 5.32 Å². The van der Waals surface area contributed by atoms with Gasteiger partial charge in [-0.15, -0.1) is 0 Å². The molecule has 0 radical (unpaired) electrons. The molecule has 3 nitrogen and oxygen atoms in total. The summed E-state index contributed by atoms with van der Waals surface area (Å²) in [6.07, 6.45) is 3.02. The minimum atomic E-state index is -0.232. The summed E-state index contributed by atoms with van der Waals surface area (Å²) in [5.74, 6) is 0.514. The van der Waals surface area contributed by atoms with Crippen LogP contribution in [-0.4, -0.2) is 4.98 Å². The quantitative estimate of drug-likeness (QED) is 0.884. The maximum Gasteiger partial charge on any atom is 0.180 e. The molecule has 2 rings (SSSR count). The summed E-state index contributed by atoms with van der Waals surface area (Å²) in [6, 6.07) is 4.60. The van der Waals surface area contributed by atoms with E-state index < -0.39 is 0 Å². The number of halogens is 2. The molecule has 0 aliphatic rings. The van der Waals surface area contributed by atoms with Gasteiger partial charge in [-0.1, -0.05) is 0 Å². The standard InChI is InChI=1S/C10H8FIN2O/c11-7-1-2-10(9(12)3-7)14-5-8-4-13-6-15-8/h1-4,6,14H,5H2. The molecule has 0 bridgehead atoms. The van der Waals surface area contributed by atoms with Crippen molar-refractivity contribution in [3.05, 3.63) is 45.9 Å². The van der Waals surface area contributed by atoms with E-state index in [0.717, 1.165) is 15.0 Å². The normalized spacial score (nSPS) is 10.3. The number of rotatable bonds is 3. The van der Waals surface area contributed by atoms with Crippen molar-refractivity contribution in [3.8, 4) is 0 Å². The van der Waals surface area contributed by atoms with Gasteiger partial charge in [0, 0.05) is 9.26 Å². The summed E-state index contributed by atoms with van der Waals surface area (Å²) in [4.78, 5) is 3.80. The molecule has 78 valence electrons. The second-order valence-electron chi connectivity index (χ2n) is 2.95. The lowest BCUT2D eigenvalue weighted by Gasteiger charge is -2.06. The number of anilines is 1. The third kappa shape index (κ3) is 2.68. The SMILES string of the molecule is Fc1ccc(NCc2cnco2)c(I)c1. The van der Waals surface area contributed by atoms with Crippen molar-refractivity contribution < 1.29 is 8.81 Å². The van der Waals surface area contributed by atoms with Gasteiger partial charge >= 0.3 is 0 Å². The zero-order valence-corrected chi connectivity index (χ0v) is 9.86. The number of aromatic nitrogens is 1. The lowest BCUT2D eigenvalue weighted by atomic mass is 10.3. The predicted molar refractivity (Wildman–Crippen MR) is 62.9 cm³/mol. The molecular weight excluding hydrogens is 310 g/mol. The number of hydrogen-bond acceptors (Lipinski definition) is 3. The summed E-state index contributed by atoms with van der Waals surface area (Å²) in [5, 5.41) is 3.13. The van der Waals surface area contributed by atoms with E-state index in [1.54, 1.807) is 12.3 Å². The summed E-state index contributed by atoms with van der Waals surface area (Å²) in [6.45, 7) is 0.543. The third-order valence-electron chi connectivity index (χ3n) is 1.87. The molecule has 0 fully saturated rings. The predicted octanol–water partition coefficient (Wildman–Crippen LogP) is 3.03. The molecule has 0 saturated carbocycles. The van der Waals surface area contributed by atoms with Crippen LogP contribution in [0.25, 0.3) is 0 Å². The van der Waals surface area contributed by atoms with Crippen LogP contribution in [0.4, 0.5) is 10.1 Å². The fraction of sp³-hybridized carbons (Fsp3) is 0.100. The van der Waals surface area contributed by atoms with Gasteiger partial charge in [0.1, 0.15) is 11.6 Å². The first kappa shape index (κ1) is 10.4. The molecule has 1 heterocycles. The maximum atomic E-state index is 12.8. The van der Waals surface area contributed by atoms with Crippen LogP contribution in [0.1, 0.15) is 5.76 Å². The number of nitrogens with zero attached hydrogens (tertiary/aromatic N) is 1. The Morgan fingerprint density at radius 3 is 3.00 bits per heavy atom. The van der Waals surface area contributed by atoms with E-state index >= 15 is 0 Å². The summed E-state index contributed by atoms with van der Waals surface area (Å²) >= 11 is 2.08. The first-order valence-corrected chi connectivity index (χ1v) is 5.40. The van der Waals surface area contributed by atoms with Crippen molar-refractivity contribution in [1.82, 2.24) is 4.98 Å². The molecule has 0 unspecified atom stereocenters. The second kappa shape index (κ2) is 4.61. The average Bonchev–Trinajstić information content (AvgIpc) is 2.69. The largest absolute Gasteiger partial charge is 0.447 e. The molecule has 0 atom stereocenters. The van der Waals surface area contributed by atoms with E-state index in [4.69, 9.17) is 4.42 Å². The molecule has 5 heteroatoms. The molecule has 0 aliphatic carbocycles. The highest BCUT2D eigenvalue weighted by atomic mass is 127. The molecule has 1 aromatic heterocycles. The van der Waals surface area contributed by atoms with Gasteiger partial charge in [0.15, 0.2) is 6.39 Å². The highest BCUT2D eigenvalue weighted by Gasteiger charge is 2.02. The number of benzene rings is 1. The number of oxazole rings is 1. The number of hydrogen-bond donors (Lipinski definition) is 1. The van der Waals surface area contributed by atoms with E-state index in [-0.39, 0.29) is 5.82 Å². The van der Waals surface area contributed by atoms with Crippen molar-refractivity contribution in [1.29, 1.82) is 0 Å². The van der Waals surface area contributed by atoms with E-state index in [1.165, 1.54) is 18.5 Å². The monoisotopic (exact) mass is 318 g/mol. The van der Waals surface area contributed by atoms with Gasteiger partial charge in [-0.2, -0.15) is 0 Å². The molecule has 15 heavy (non-hydrogen) atoms.